The summed E-state index contributed by atoms with van der Waals surface area (Å²) < 4.78 is 7.51. The SMILES string of the molecule is CCCCc1nc2c(N)nc3cccnc3c2n1CCCCCC(=O)c1ccc(CCNC(=O)OC(C)(C)C)cc1. The van der Waals surface area contributed by atoms with Crippen molar-refractivity contribution < 1.29 is 14.3 Å². The molecule has 0 atom stereocenters. The zero-order valence-corrected chi connectivity index (χ0v) is 24.7. The van der Waals surface area contributed by atoms with Gasteiger partial charge in [-0.1, -0.05) is 44.0 Å². The van der Waals surface area contributed by atoms with E-state index in [-0.39, 0.29) is 5.78 Å². The number of unbranched alkanes of at least 4 members (excludes halogenated alkanes) is 3. The number of ether oxygens (including phenoxy) is 1. The van der Waals surface area contributed by atoms with E-state index >= 15 is 0 Å². The lowest BCUT2D eigenvalue weighted by Gasteiger charge is -2.19. The number of hydrogen-bond donors (Lipinski definition) is 2. The van der Waals surface area contributed by atoms with Crippen molar-refractivity contribution in [1.82, 2.24) is 24.8 Å². The molecular weight excluding hydrogens is 516 g/mol. The molecule has 0 unspecified atom stereocenters. The van der Waals surface area contributed by atoms with Gasteiger partial charge in [0.15, 0.2) is 11.6 Å². The Balaban J connectivity index is 1.29. The molecule has 0 radical (unpaired) electrons. The molecule has 0 aliphatic carbocycles. The van der Waals surface area contributed by atoms with E-state index in [1.807, 2.05) is 57.2 Å². The zero-order valence-electron chi connectivity index (χ0n) is 24.7. The number of aryl methyl sites for hydroxylation is 2. The van der Waals surface area contributed by atoms with E-state index in [1.165, 1.54) is 0 Å². The first-order chi connectivity index (χ1) is 19.7. The lowest BCUT2D eigenvalue weighted by atomic mass is 10.0. The van der Waals surface area contributed by atoms with Crippen molar-refractivity contribution in [1.29, 1.82) is 0 Å². The van der Waals surface area contributed by atoms with E-state index in [4.69, 9.17) is 15.5 Å². The highest BCUT2D eigenvalue weighted by Crippen LogP contribution is 2.28. The summed E-state index contributed by atoms with van der Waals surface area (Å²) in [5, 5.41) is 2.76. The molecule has 3 aromatic heterocycles. The van der Waals surface area contributed by atoms with E-state index in [0.717, 1.165) is 84.1 Å². The largest absolute Gasteiger partial charge is 0.444 e. The Bertz CT molecular complexity index is 1490. The number of carbonyl (C=O) groups excluding carboxylic acids is 2. The smallest absolute Gasteiger partial charge is 0.407 e. The Kier molecular flexibility index (Phi) is 9.91. The second-order valence-corrected chi connectivity index (χ2v) is 11.5. The van der Waals surface area contributed by atoms with E-state index < -0.39 is 11.7 Å². The van der Waals surface area contributed by atoms with E-state index in [9.17, 15) is 9.59 Å². The number of nitrogens with two attached hydrogens (primary N) is 1. The number of nitrogens with one attached hydrogen (secondary N) is 1. The summed E-state index contributed by atoms with van der Waals surface area (Å²) in [6.45, 7) is 8.95. The molecule has 3 heterocycles. The van der Waals surface area contributed by atoms with Crippen LogP contribution in [-0.2, 0) is 24.1 Å². The van der Waals surface area contributed by atoms with Crippen molar-refractivity contribution in [2.24, 2.45) is 0 Å². The van der Waals surface area contributed by atoms with Gasteiger partial charge in [0.05, 0.1) is 5.52 Å². The second-order valence-electron chi connectivity index (χ2n) is 11.5. The maximum absolute atomic E-state index is 12.8. The highest BCUT2D eigenvalue weighted by molar-refractivity contribution is 6.04. The summed E-state index contributed by atoms with van der Waals surface area (Å²) in [5.41, 5.74) is 10.8. The van der Waals surface area contributed by atoms with Crippen LogP contribution in [0.4, 0.5) is 10.6 Å². The topological polar surface area (TPSA) is 125 Å². The van der Waals surface area contributed by atoms with Crippen molar-refractivity contribution in [3.8, 4) is 0 Å². The fraction of sp³-hybridized carbons (Fsp3) is 0.469. The monoisotopic (exact) mass is 558 g/mol. The molecule has 3 N–H and O–H groups in total. The Hall–Kier alpha value is -4.01. The van der Waals surface area contributed by atoms with Crippen LogP contribution in [0.15, 0.2) is 42.6 Å². The molecule has 0 saturated carbocycles. The van der Waals surface area contributed by atoms with Crippen LogP contribution in [-0.4, -0.2) is 43.5 Å². The minimum Gasteiger partial charge on any atom is -0.444 e. The molecule has 9 nitrogen and oxygen atoms in total. The summed E-state index contributed by atoms with van der Waals surface area (Å²) >= 11 is 0. The van der Waals surface area contributed by atoms with Crippen LogP contribution < -0.4 is 11.1 Å². The van der Waals surface area contributed by atoms with Crippen molar-refractivity contribution >= 4 is 39.8 Å². The Morgan fingerprint density at radius 2 is 1.76 bits per heavy atom. The van der Waals surface area contributed by atoms with Crippen LogP contribution in [0.3, 0.4) is 0 Å². The van der Waals surface area contributed by atoms with E-state index in [0.29, 0.717) is 25.2 Å². The van der Waals surface area contributed by atoms with Gasteiger partial charge in [0.25, 0.3) is 0 Å². The number of pyridine rings is 2. The van der Waals surface area contributed by atoms with Gasteiger partial charge in [-0.05, 0) is 64.2 Å². The van der Waals surface area contributed by atoms with Crippen LogP contribution in [0.2, 0.25) is 0 Å². The van der Waals surface area contributed by atoms with Crippen molar-refractivity contribution in [3.63, 3.8) is 0 Å². The molecule has 0 spiro atoms. The molecule has 0 fully saturated rings. The van der Waals surface area contributed by atoms with Crippen LogP contribution in [0.5, 0.6) is 0 Å². The molecule has 1 aromatic carbocycles. The van der Waals surface area contributed by atoms with Gasteiger partial charge in [0.1, 0.15) is 28.0 Å². The van der Waals surface area contributed by atoms with Gasteiger partial charge in [0.2, 0.25) is 0 Å². The average molecular weight is 559 g/mol. The van der Waals surface area contributed by atoms with Crippen molar-refractivity contribution in [2.45, 2.75) is 91.2 Å². The highest BCUT2D eigenvalue weighted by Gasteiger charge is 2.18. The highest BCUT2D eigenvalue weighted by atomic mass is 16.6. The number of imidazole rings is 1. The first-order valence-corrected chi connectivity index (χ1v) is 14.6. The molecule has 0 bridgehead atoms. The molecule has 41 heavy (non-hydrogen) atoms. The predicted molar refractivity (Wildman–Crippen MR) is 163 cm³/mol. The first kappa shape index (κ1) is 30.0. The maximum Gasteiger partial charge on any atom is 0.407 e. The van der Waals surface area contributed by atoms with Crippen LogP contribution in [0, 0.1) is 0 Å². The predicted octanol–water partition coefficient (Wildman–Crippen LogP) is 6.41. The zero-order chi connectivity index (χ0) is 29.4. The quantitative estimate of drug-likeness (QED) is 0.143. The summed E-state index contributed by atoms with van der Waals surface area (Å²) in [6.07, 6.45) is 8.23. The third kappa shape index (κ3) is 8.02. The minimum absolute atomic E-state index is 0.147. The van der Waals surface area contributed by atoms with E-state index in [2.05, 4.69) is 26.8 Å². The van der Waals surface area contributed by atoms with E-state index in [1.54, 1.807) is 6.20 Å². The van der Waals surface area contributed by atoms with Gasteiger partial charge in [-0.15, -0.1) is 0 Å². The number of Topliss-reactive ketones (excluding diaryl/α,β-unsaturated/α-hetero) is 1. The number of anilines is 1. The van der Waals surface area contributed by atoms with Gasteiger partial charge in [-0.2, -0.15) is 0 Å². The number of benzene rings is 1. The van der Waals surface area contributed by atoms with Gasteiger partial charge < -0.3 is 20.4 Å². The van der Waals surface area contributed by atoms with Crippen molar-refractivity contribution in [2.75, 3.05) is 12.3 Å². The summed E-state index contributed by atoms with van der Waals surface area (Å²) in [7, 11) is 0. The molecule has 9 heteroatoms. The van der Waals surface area contributed by atoms with Crippen LogP contribution in [0.25, 0.3) is 22.1 Å². The van der Waals surface area contributed by atoms with Crippen LogP contribution >= 0.6 is 0 Å². The molecule has 4 aromatic rings. The number of hydrogen-bond acceptors (Lipinski definition) is 7. The number of fused-ring (bicyclic) bond motifs is 3. The number of rotatable bonds is 13. The van der Waals surface area contributed by atoms with Gasteiger partial charge in [0, 0.05) is 37.7 Å². The molecule has 0 saturated heterocycles. The number of carbonyl (C=O) groups is 2. The molecule has 1 amide bonds. The molecule has 0 aliphatic heterocycles. The lowest BCUT2D eigenvalue weighted by Crippen LogP contribution is -2.33. The summed E-state index contributed by atoms with van der Waals surface area (Å²) in [6, 6.07) is 11.4. The summed E-state index contributed by atoms with van der Waals surface area (Å²) in [5.74, 6) is 1.60. The number of amides is 1. The Labute approximate surface area is 241 Å². The Morgan fingerprint density at radius 3 is 2.49 bits per heavy atom. The fourth-order valence-electron chi connectivity index (χ4n) is 4.89. The van der Waals surface area contributed by atoms with Gasteiger partial charge in [-0.3, -0.25) is 9.78 Å². The maximum atomic E-state index is 12.8. The number of ketones is 1. The third-order valence-corrected chi connectivity index (χ3v) is 6.94. The van der Waals surface area contributed by atoms with Crippen LogP contribution in [0.1, 0.15) is 88.0 Å². The fourth-order valence-corrected chi connectivity index (χ4v) is 4.89. The Morgan fingerprint density at radius 1 is 0.976 bits per heavy atom. The van der Waals surface area contributed by atoms with Crippen molar-refractivity contribution in [3.05, 3.63) is 59.5 Å². The van der Waals surface area contributed by atoms with Gasteiger partial charge >= 0.3 is 6.09 Å². The molecule has 4 rings (SSSR count). The number of nitrogens with zero attached hydrogens (tertiary/aromatic N) is 4. The third-order valence-electron chi connectivity index (χ3n) is 6.94. The molecule has 218 valence electrons. The summed E-state index contributed by atoms with van der Waals surface area (Å²) in [4.78, 5) is 38.6. The standard InChI is InChI=1S/C32H42N6O3/c1-5-6-13-26-37-28-29(27-24(36-30(28)33)11-10-19-34-27)38(26)21-9-7-8-12-25(39)23-16-14-22(15-17-23)18-20-35-31(40)41-32(2,3)4/h10-11,14-17,19H,5-9,12-13,18,20-21H2,1-4H3,(H2,33,36)(H,35,40). The molecule has 0 aliphatic rings. The normalized spacial score (nSPS) is 11.7. The first-order valence-electron chi connectivity index (χ1n) is 14.6. The molecular formula is C32H42N6O3. The van der Waals surface area contributed by atoms with Gasteiger partial charge in [-0.25, -0.2) is 14.8 Å². The number of alkyl carbamates (subject to hydrolysis) is 1. The number of nitrogen functional groups attached to an aromatic ring is 1. The minimum atomic E-state index is -0.518. The second kappa shape index (κ2) is 13.6. The lowest BCUT2D eigenvalue weighted by molar-refractivity contribution is 0.0528. The number of aromatic nitrogens is 4. The average Bonchev–Trinajstić information content (AvgIpc) is 3.30.